The molecule has 1 unspecified atom stereocenters. The van der Waals surface area contributed by atoms with Gasteiger partial charge in [0.2, 0.25) is 0 Å². The van der Waals surface area contributed by atoms with E-state index in [0.717, 1.165) is 50.3 Å². The second-order valence-corrected chi connectivity index (χ2v) is 7.99. The second kappa shape index (κ2) is 11.0. The molecule has 0 spiro atoms. The Morgan fingerprint density at radius 2 is 2.13 bits per heavy atom. The minimum atomic E-state index is -0.289. The molecule has 2 heterocycles. The first kappa shape index (κ1) is 23.6. The fourth-order valence-corrected chi connectivity index (χ4v) is 4.42. The molecule has 2 aromatic rings. The number of aliphatic imine (C=N–C) groups is 1. The predicted molar refractivity (Wildman–Crippen MR) is 133 cm³/mol. The molecular weight excluding hydrogens is 508 g/mol. The number of nitrogens with one attached hydrogen (secondary N) is 2. The second-order valence-electron chi connectivity index (χ2n) is 7.99. The predicted octanol–water partition coefficient (Wildman–Crippen LogP) is 3.76. The van der Waals surface area contributed by atoms with Gasteiger partial charge in [-0.1, -0.05) is 6.07 Å². The van der Waals surface area contributed by atoms with Crippen LogP contribution in [-0.2, 0) is 19.4 Å². The number of pyridine rings is 1. The summed E-state index contributed by atoms with van der Waals surface area (Å²) in [5.74, 6) is 1.17. The number of fused-ring (bicyclic) bond motifs is 1. The SMILES string of the molecule is CCNC(=NCc1c(O)ccc2c1CCCC2)NC1CCN(c2ncccc2F)C1.I. The van der Waals surface area contributed by atoms with Crippen molar-refractivity contribution in [3.63, 3.8) is 0 Å². The molecule has 0 bridgehead atoms. The fourth-order valence-electron chi connectivity index (χ4n) is 4.42. The van der Waals surface area contributed by atoms with Crippen LogP contribution in [0.1, 0.15) is 42.9 Å². The largest absolute Gasteiger partial charge is 0.508 e. The maximum atomic E-state index is 14.1. The molecule has 1 aromatic heterocycles. The van der Waals surface area contributed by atoms with E-state index in [-0.39, 0.29) is 35.8 Å². The van der Waals surface area contributed by atoms with Crippen molar-refractivity contribution in [2.75, 3.05) is 24.5 Å². The van der Waals surface area contributed by atoms with Crippen molar-refractivity contribution in [3.8, 4) is 5.75 Å². The molecule has 1 saturated heterocycles. The monoisotopic (exact) mass is 539 g/mol. The standard InChI is InChI=1S/C23H30FN5O.HI/c1-2-25-23(27-14-19-18-7-4-3-6-16(18)9-10-21(19)30)28-17-11-13-29(15-17)22-20(24)8-5-12-26-22;/h5,8-10,12,17,30H,2-4,6-7,11,13-15H2,1H3,(H2,25,27,28);1H. The van der Waals surface area contributed by atoms with Crippen LogP contribution in [0.25, 0.3) is 0 Å². The lowest BCUT2D eigenvalue weighted by molar-refractivity contribution is 0.465. The number of benzene rings is 1. The van der Waals surface area contributed by atoms with Gasteiger partial charge in [-0.25, -0.2) is 14.4 Å². The van der Waals surface area contributed by atoms with Crippen molar-refractivity contribution in [1.29, 1.82) is 0 Å². The zero-order chi connectivity index (χ0) is 20.9. The van der Waals surface area contributed by atoms with E-state index in [1.165, 1.54) is 23.6 Å². The van der Waals surface area contributed by atoms with Gasteiger partial charge in [0.15, 0.2) is 17.6 Å². The molecule has 8 heteroatoms. The minimum absolute atomic E-state index is 0. The Hall–Kier alpha value is -2.10. The maximum Gasteiger partial charge on any atom is 0.191 e. The van der Waals surface area contributed by atoms with Crippen molar-refractivity contribution in [2.24, 2.45) is 4.99 Å². The quantitative estimate of drug-likeness (QED) is 0.307. The number of rotatable bonds is 5. The van der Waals surface area contributed by atoms with Crippen LogP contribution in [0.15, 0.2) is 35.5 Å². The third-order valence-corrected chi connectivity index (χ3v) is 5.93. The Labute approximate surface area is 200 Å². The summed E-state index contributed by atoms with van der Waals surface area (Å²) in [5.41, 5.74) is 3.54. The van der Waals surface area contributed by atoms with Gasteiger partial charge in [0.05, 0.1) is 6.54 Å². The van der Waals surface area contributed by atoms with Crippen molar-refractivity contribution in [1.82, 2.24) is 15.6 Å². The molecule has 168 valence electrons. The van der Waals surface area contributed by atoms with Crippen molar-refractivity contribution in [2.45, 2.75) is 51.6 Å². The van der Waals surface area contributed by atoms with Gasteiger partial charge in [0.25, 0.3) is 0 Å². The zero-order valence-electron chi connectivity index (χ0n) is 17.9. The Morgan fingerprint density at radius 1 is 1.29 bits per heavy atom. The average Bonchev–Trinajstić information content (AvgIpc) is 3.21. The molecule has 4 rings (SSSR count). The molecule has 1 aromatic carbocycles. The van der Waals surface area contributed by atoms with E-state index >= 15 is 0 Å². The van der Waals surface area contributed by atoms with Crippen LogP contribution >= 0.6 is 24.0 Å². The van der Waals surface area contributed by atoms with Crippen LogP contribution in [0.5, 0.6) is 5.75 Å². The number of guanidine groups is 1. The van der Waals surface area contributed by atoms with Crippen molar-refractivity contribution < 1.29 is 9.50 Å². The van der Waals surface area contributed by atoms with Crippen LogP contribution < -0.4 is 15.5 Å². The van der Waals surface area contributed by atoms with Crippen LogP contribution in [-0.4, -0.2) is 41.7 Å². The van der Waals surface area contributed by atoms with Gasteiger partial charge in [0, 0.05) is 37.4 Å². The summed E-state index contributed by atoms with van der Waals surface area (Å²) in [7, 11) is 0. The zero-order valence-corrected chi connectivity index (χ0v) is 20.2. The molecule has 6 nitrogen and oxygen atoms in total. The molecular formula is C23H31FIN5O. The van der Waals surface area contributed by atoms with Crippen molar-refractivity contribution >= 4 is 35.8 Å². The molecule has 2 aliphatic rings. The number of hydrogen-bond donors (Lipinski definition) is 3. The highest BCUT2D eigenvalue weighted by Gasteiger charge is 2.26. The topological polar surface area (TPSA) is 72.8 Å². The summed E-state index contributed by atoms with van der Waals surface area (Å²) in [4.78, 5) is 10.9. The Bertz CT molecular complexity index is 923. The van der Waals surface area contributed by atoms with Gasteiger partial charge < -0.3 is 20.6 Å². The van der Waals surface area contributed by atoms with E-state index in [1.54, 1.807) is 18.3 Å². The van der Waals surface area contributed by atoms with Gasteiger partial charge in [-0.05, 0) is 68.4 Å². The summed E-state index contributed by atoms with van der Waals surface area (Å²) in [6.07, 6.45) is 6.95. The van der Waals surface area contributed by atoms with E-state index in [9.17, 15) is 9.50 Å². The highest BCUT2D eigenvalue weighted by Crippen LogP contribution is 2.31. The number of phenolic OH excluding ortho intramolecular Hbond substituents is 1. The summed E-state index contributed by atoms with van der Waals surface area (Å²) >= 11 is 0. The number of hydrogen-bond acceptors (Lipinski definition) is 4. The third-order valence-electron chi connectivity index (χ3n) is 5.93. The Balaban J connectivity index is 0.00000272. The van der Waals surface area contributed by atoms with E-state index in [0.29, 0.717) is 24.7 Å². The normalized spacial score (nSPS) is 18.3. The summed E-state index contributed by atoms with van der Waals surface area (Å²) in [6.45, 7) is 4.64. The van der Waals surface area contributed by atoms with Gasteiger partial charge >= 0.3 is 0 Å². The van der Waals surface area contributed by atoms with E-state index in [2.05, 4.69) is 15.6 Å². The lowest BCUT2D eigenvalue weighted by Crippen LogP contribution is -2.44. The van der Waals surface area contributed by atoms with Gasteiger partial charge in [-0.15, -0.1) is 24.0 Å². The van der Waals surface area contributed by atoms with Crippen molar-refractivity contribution in [3.05, 3.63) is 53.0 Å². The number of halogens is 2. The first-order valence-electron chi connectivity index (χ1n) is 10.9. The van der Waals surface area contributed by atoms with Crippen LogP contribution in [0.2, 0.25) is 0 Å². The van der Waals surface area contributed by atoms with Gasteiger partial charge in [-0.2, -0.15) is 0 Å². The highest BCUT2D eigenvalue weighted by molar-refractivity contribution is 14.0. The summed E-state index contributed by atoms with van der Waals surface area (Å²) in [5, 5.41) is 17.2. The Kier molecular flexibility index (Phi) is 8.34. The number of anilines is 1. The molecule has 3 N–H and O–H groups in total. The van der Waals surface area contributed by atoms with Crippen LogP contribution in [0, 0.1) is 5.82 Å². The molecule has 1 aliphatic carbocycles. The number of nitrogens with zero attached hydrogens (tertiary/aromatic N) is 3. The van der Waals surface area contributed by atoms with E-state index in [4.69, 9.17) is 4.99 Å². The molecule has 0 saturated carbocycles. The minimum Gasteiger partial charge on any atom is -0.508 e. The smallest absolute Gasteiger partial charge is 0.191 e. The molecule has 0 amide bonds. The maximum absolute atomic E-state index is 14.1. The number of aromatic nitrogens is 1. The summed E-state index contributed by atoms with van der Waals surface area (Å²) in [6, 6.07) is 7.05. The lowest BCUT2D eigenvalue weighted by atomic mass is 9.88. The molecule has 1 aliphatic heterocycles. The third kappa shape index (κ3) is 5.58. The van der Waals surface area contributed by atoms with E-state index < -0.39 is 0 Å². The number of aryl methyl sites for hydroxylation is 1. The molecule has 0 radical (unpaired) electrons. The molecule has 31 heavy (non-hydrogen) atoms. The number of phenols is 1. The van der Waals surface area contributed by atoms with Gasteiger partial charge in [-0.3, -0.25) is 0 Å². The van der Waals surface area contributed by atoms with Gasteiger partial charge in [0.1, 0.15) is 5.75 Å². The first-order valence-corrected chi connectivity index (χ1v) is 10.9. The Morgan fingerprint density at radius 3 is 2.94 bits per heavy atom. The average molecular weight is 539 g/mol. The van der Waals surface area contributed by atoms with E-state index in [1.807, 2.05) is 17.9 Å². The van der Waals surface area contributed by atoms with Crippen LogP contribution in [0.3, 0.4) is 0 Å². The molecule has 1 atom stereocenters. The summed E-state index contributed by atoms with van der Waals surface area (Å²) < 4.78 is 14.1. The first-order chi connectivity index (χ1) is 14.7. The van der Waals surface area contributed by atoms with Crippen LogP contribution in [0.4, 0.5) is 10.2 Å². The molecule has 1 fully saturated rings. The lowest BCUT2D eigenvalue weighted by Gasteiger charge is -2.21. The highest BCUT2D eigenvalue weighted by atomic mass is 127. The number of aromatic hydroxyl groups is 1. The fraction of sp³-hybridized carbons (Fsp3) is 0.478.